The van der Waals surface area contributed by atoms with Gasteiger partial charge in [0.15, 0.2) is 17.6 Å². The van der Waals surface area contributed by atoms with E-state index in [4.69, 9.17) is 14.2 Å². The number of phenols is 2. The van der Waals surface area contributed by atoms with Gasteiger partial charge in [-0.1, -0.05) is 6.92 Å². The predicted octanol–water partition coefficient (Wildman–Crippen LogP) is 0.0313. The fraction of sp³-hybridized carbons (Fsp3) is 0.667. The van der Waals surface area contributed by atoms with Gasteiger partial charge >= 0.3 is 5.97 Å². The summed E-state index contributed by atoms with van der Waals surface area (Å²) in [5.41, 5.74) is 0.211. The van der Waals surface area contributed by atoms with Crippen LogP contribution in [0, 0.1) is 5.92 Å². The fourth-order valence-corrected chi connectivity index (χ4v) is 4.92. The summed E-state index contributed by atoms with van der Waals surface area (Å²) in [6, 6.07) is 0. The third kappa shape index (κ3) is 3.62. The number of rotatable bonds is 4. The molecule has 31 heavy (non-hydrogen) atoms. The third-order valence-corrected chi connectivity index (χ3v) is 6.47. The molecule has 0 aromatic heterocycles. The SMILES string of the molecule is COc1c(O)c(CN2CCC[C@H](C)C2)c2c(c1O)[C@@H]1O[C@H](CO)[C@@H](O)[C@H](O)[C@H]1OC2=O. The number of piperidine rings is 1. The number of aromatic hydroxyl groups is 2. The molecule has 6 atom stereocenters. The van der Waals surface area contributed by atoms with Crippen LogP contribution >= 0.6 is 0 Å². The first kappa shape index (κ1) is 22.1. The van der Waals surface area contributed by atoms with Crippen LogP contribution in [0.4, 0.5) is 0 Å². The van der Waals surface area contributed by atoms with E-state index in [-0.39, 0.29) is 34.7 Å². The van der Waals surface area contributed by atoms with Gasteiger partial charge in [-0.2, -0.15) is 0 Å². The minimum atomic E-state index is -1.53. The standard InChI is InChI=1S/C21H29NO9/c1-9-4-3-5-22(6-9)7-10-12-13(16(26)19(29-2)14(10)24)18-20(31-21(12)28)17(27)15(25)11(8-23)30-18/h9,11,15,17-18,20,23-27H,3-8H2,1-2H3/t9-,11+,15+,17-,18-,20+/m0/s1. The Bertz CT molecular complexity index is 860. The number of likely N-dealkylation sites (tertiary alicyclic amines) is 1. The number of carbonyl (C=O) groups is 1. The lowest BCUT2D eigenvalue weighted by Crippen LogP contribution is -2.58. The first-order valence-electron chi connectivity index (χ1n) is 10.5. The number of phenolic OH excluding ortho intramolecular Hbond substituents is 2. The molecule has 0 unspecified atom stereocenters. The number of aliphatic hydroxyl groups is 3. The van der Waals surface area contributed by atoms with Gasteiger partial charge in [-0.05, 0) is 25.3 Å². The third-order valence-electron chi connectivity index (χ3n) is 6.47. The number of nitrogens with zero attached hydrogens (tertiary/aromatic N) is 1. The number of esters is 1. The first-order valence-corrected chi connectivity index (χ1v) is 10.5. The number of carbonyl (C=O) groups excluding carboxylic acids is 1. The Morgan fingerprint density at radius 1 is 1.19 bits per heavy atom. The maximum Gasteiger partial charge on any atom is 0.339 e. The van der Waals surface area contributed by atoms with Crippen LogP contribution in [0.2, 0.25) is 0 Å². The second-order valence-corrected chi connectivity index (χ2v) is 8.61. The van der Waals surface area contributed by atoms with Gasteiger partial charge in [-0.15, -0.1) is 0 Å². The molecular weight excluding hydrogens is 410 g/mol. The highest BCUT2D eigenvalue weighted by Gasteiger charge is 2.53. The van der Waals surface area contributed by atoms with Crippen molar-refractivity contribution in [2.45, 2.75) is 56.8 Å². The van der Waals surface area contributed by atoms with Crippen LogP contribution in [-0.4, -0.2) is 87.6 Å². The molecule has 0 spiro atoms. The minimum absolute atomic E-state index is 0.0142. The highest BCUT2D eigenvalue weighted by atomic mass is 16.6. The lowest BCUT2D eigenvalue weighted by Gasteiger charge is -2.45. The van der Waals surface area contributed by atoms with Crippen LogP contribution in [-0.2, 0) is 16.0 Å². The van der Waals surface area contributed by atoms with Crippen LogP contribution in [0.5, 0.6) is 17.2 Å². The van der Waals surface area contributed by atoms with Gasteiger partial charge < -0.3 is 39.7 Å². The van der Waals surface area contributed by atoms with E-state index in [9.17, 15) is 30.3 Å². The monoisotopic (exact) mass is 439 g/mol. The van der Waals surface area contributed by atoms with Gasteiger partial charge in [0.2, 0.25) is 5.75 Å². The first-order chi connectivity index (χ1) is 14.8. The Hall–Kier alpha value is -2.11. The van der Waals surface area contributed by atoms with Crippen molar-refractivity contribution in [3.05, 3.63) is 16.7 Å². The molecule has 0 bridgehead atoms. The van der Waals surface area contributed by atoms with E-state index in [1.165, 1.54) is 7.11 Å². The average Bonchev–Trinajstić information content (AvgIpc) is 2.74. The van der Waals surface area contributed by atoms with E-state index < -0.39 is 48.8 Å². The largest absolute Gasteiger partial charge is 0.504 e. The maximum atomic E-state index is 13.0. The summed E-state index contributed by atoms with van der Waals surface area (Å²) in [5.74, 6) is -1.45. The maximum absolute atomic E-state index is 13.0. The molecule has 0 radical (unpaired) electrons. The molecule has 1 aromatic carbocycles. The van der Waals surface area contributed by atoms with Crippen molar-refractivity contribution in [3.8, 4) is 17.2 Å². The summed E-state index contributed by atoms with van der Waals surface area (Å²) in [6.07, 6.45) is -4.51. The zero-order valence-corrected chi connectivity index (χ0v) is 17.5. The molecule has 1 aromatic rings. The topological polar surface area (TPSA) is 149 Å². The number of aliphatic hydroxyl groups excluding tert-OH is 3. The zero-order chi connectivity index (χ0) is 22.4. The zero-order valence-electron chi connectivity index (χ0n) is 17.5. The highest BCUT2D eigenvalue weighted by Crippen LogP contribution is 2.52. The van der Waals surface area contributed by atoms with Gasteiger partial charge in [0, 0.05) is 24.2 Å². The van der Waals surface area contributed by atoms with Gasteiger partial charge in [-0.3, -0.25) is 4.90 Å². The smallest absolute Gasteiger partial charge is 0.339 e. The number of benzene rings is 1. The van der Waals surface area contributed by atoms with E-state index in [0.717, 1.165) is 25.9 Å². The van der Waals surface area contributed by atoms with Crippen LogP contribution in [0.15, 0.2) is 0 Å². The van der Waals surface area contributed by atoms with Crippen molar-refractivity contribution in [2.75, 3.05) is 26.8 Å². The van der Waals surface area contributed by atoms with E-state index in [0.29, 0.717) is 5.92 Å². The Kier molecular flexibility index (Phi) is 6.01. The molecule has 10 nitrogen and oxygen atoms in total. The van der Waals surface area contributed by atoms with Crippen molar-refractivity contribution in [1.29, 1.82) is 0 Å². The molecule has 172 valence electrons. The molecule has 0 aliphatic carbocycles. The van der Waals surface area contributed by atoms with Crippen LogP contribution < -0.4 is 4.74 Å². The number of hydrogen-bond donors (Lipinski definition) is 5. The molecular formula is C21H29NO9. The lowest BCUT2D eigenvalue weighted by molar-refractivity contribution is -0.235. The van der Waals surface area contributed by atoms with Crippen molar-refractivity contribution in [3.63, 3.8) is 0 Å². The minimum Gasteiger partial charge on any atom is -0.504 e. The van der Waals surface area contributed by atoms with Crippen molar-refractivity contribution in [1.82, 2.24) is 4.90 Å². The van der Waals surface area contributed by atoms with E-state index in [2.05, 4.69) is 11.8 Å². The molecule has 10 heteroatoms. The molecule has 2 saturated heterocycles. The number of methoxy groups -OCH3 is 1. The van der Waals surface area contributed by atoms with Crippen LogP contribution in [0.25, 0.3) is 0 Å². The second-order valence-electron chi connectivity index (χ2n) is 8.61. The van der Waals surface area contributed by atoms with Gasteiger partial charge in [0.1, 0.15) is 24.4 Å². The van der Waals surface area contributed by atoms with E-state index in [1.807, 2.05) is 0 Å². The fourth-order valence-electron chi connectivity index (χ4n) is 4.92. The normalized spacial score (nSPS) is 33.4. The number of fused-ring (bicyclic) bond motifs is 3. The molecule has 0 saturated carbocycles. The van der Waals surface area contributed by atoms with Crippen molar-refractivity contribution >= 4 is 5.97 Å². The number of hydrogen-bond acceptors (Lipinski definition) is 10. The van der Waals surface area contributed by atoms with Gasteiger partial charge in [0.25, 0.3) is 0 Å². The molecule has 3 aliphatic rings. The quantitative estimate of drug-likeness (QED) is 0.407. The Labute approximate surface area is 179 Å². The lowest BCUT2D eigenvalue weighted by atomic mass is 9.84. The highest BCUT2D eigenvalue weighted by molar-refractivity contribution is 5.97. The van der Waals surface area contributed by atoms with Crippen LogP contribution in [0.3, 0.4) is 0 Å². The summed E-state index contributed by atoms with van der Waals surface area (Å²) in [4.78, 5) is 15.1. The number of ether oxygens (including phenoxy) is 3. The van der Waals surface area contributed by atoms with Gasteiger partial charge in [-0.25, -0.2) is 4.79 Å². The summed E-state index contributed by atoms with van der Waals surface area (Å²) < 4.78 is 16.3. The summed E-state index contributed by atoms with van der Waals surface area (Å²) in [7, 11) is 1.28. The summed E-state index contributed by atoms with van der Waals surface area (Å²) >= 11 is 0. The van der Waals surface area contributed by atoms with E-state index >= 15 is 0 Å². The van der Waals surface area contributed by atoms with Crippen molar-refractivity contribution in [2.24, 2.45) is 5.92 Å². The Morgan fingerprint density at radius 3 is 2.58 bits per heavy atom. The molecule has 3 aliphatic heterocycles. The van der Waals surface area contributed by atoms with Crippen LogP contribution in [0.1, 0.15) is 47.4 Å². The molecule has 5 N–H and O–H groups in total. The Balaban J connectivity index is 1.84. The molecule has 3 heterocycles. The molecule has 0 amide bonds. The van der Waals surface area contributed by atoms with Gasteiger partial charge in [0.05, 0.1) is 19.3 Å². The average molecular weight is 439 g/mol. The Morgan fingerprint density at radius 2 is 1.94 bits per heavy atom. The van der Waals surface area contributed by atoms with Crippen molar-refractivity contribution < 1.29 is 44.5 Å². The van der Waals surface area contributed by atoms with E-state index in [1.54, 1.807) is 0 Å². The summed E-state index contributed by atoms with van der Waals surface area (Å²) in [6.45, 7) is 3.36. The second kappa shape index (κ2) is 8.44. The summed E-state index contributed by atoms with van der Waals surface area (Å²) in [5, 5.41) is 51.9. The predicted molar refractivity (Wildman–Crippen MR) is 106 cm³/mol. The molecule has 2 fully saturated rings. The molecule has 4 rings (SSSR count).